The molecule has 0 spiro atoms. The maximum Gasteiger partial charge on any atom is 0.251 e. The minimum Gasteiger partial charge on any atom is -0.487 e. The van der Waals surface area contributed by atoms with Gasteiger partial charge in [0.15, 0.2) is 0 Å². The number of aromatic nitrogens is 3. The van der Waals surface area contributed by atoms with E-state index in [-0.39, 0.29) is 11.9 Å². The zero-order valence-corrected chi connectivity index (χ0v) is 14.1. The first-order chi connectivity index (χ1) is 11.7. The molecule has 0 aliphatic carbocycles. The van der Waals surface area contributed by atoms with E-state index in [2.05, 4.69) is 15.4 Å². The van der Waals surface area contributed by atoms with Crippen LogP contribution in [-0.4, -0.2) is 26.7 Å². The van der Waals surface area contributed by atoms with Crippen LogP contribution in [0, 0.1) is 0 Å². The summed E-state index contributed by atoms with van der Waals surface area (Å²) in [6, 6.07) is 8.97. The van der Waals surface area contributed by atoms with Crippen molar-refractivity contribution in [3.05, 3.63) is 64.9 Å². The van der Waals surface area contributed by atoms with Gasteiger partial charge >= 0.3 is 0 Å². The molecule has 0 bridgehead atoms. The van der Waals surface area contributed by atoms with E-state index in [9.17, 15) is 4.79 Å². The minimum absolute atomic E-state index is 0.0306. The first-order valence-electron chi connectivity index (χ1n) is 7.59. The van der Waals surface area contributed by atoms with Gasteiger partial charge in [-0.3, -0.25) is 9.48 Å². The van der Waals surface area contributed by atoms with Crippen LogP contribution < -0.4 is 10.1 Å². The molecule has 6 nitrogen and oxygen atoms in total. The molecular formula is C17H18N4O2S. The molecule has 0 fully saturated rings. The van der Waals surface area contributed by atoms with Crippen molar-refractivity contribution >= 4 is 17.2 Å². The lowest BCUT2D eigenvalue weighted by Crippen LogP contribution is -2.35. The summed E-state index contributed by atoms with van der Waals surface area (Å²) in [5.74, 6) is 0.518. The Kier molecular flexibility index (Phi) is 5.22. The van der Waals surface area contributed by atoms with Crippen molar-refractivity contribution in [2.45, 2.75) is 26.1 Å². The Bertz CT molecular complexity index is 772. The molecule has 3 rings (SSSR count). The summed E-state index contributed by atoms with van der Waals surface area (Å²) in [5, 5.41) is 9.04. The molecule has 1 atom stereocenters. The van der Waals surface area contributed by atoms with Crippen LogP contribution in [0.5, 0.6) is 5.75 Å². The summed E-state index contributed by atoms with van der Waals surface area (Å²) in [6.07, 6.45) is 3.59. The van der Waals surface area contributed by atoms with Crippen LogP contribution >= 0.6 is 11.3 Å². The number of benzene rings is 1. The molecular weight excluding hydrogens is 324 g/mol. The number of ether oxygens (including phenoxy) is 1. The van der Waals surface area contributed by atoms with Crippen LogP contribution in [0.15, 0.2) is 53.6 Å². The highest BCUT2D eigenvalue weighted by molar-refractivity contribution is 7.07. The van der Waals surface area contributed by atoms with Gasteiger partial charge in [0.1, 0.15) is 12.4 Å². The van der Waals surface area contributed by atoms with Gasteiger partial charge < -0.3 is 10.1 Å². The Morgan fingerprint density at radius 3 is 3.08 bits per heavy atom. The summed E-state index contributed by atoms with van der Waals surface area (Å²) in [7, 11) is 0. The van der Waals surface area contributed by atoms with Gasteiger partial charge in [0.05, 0.1) is 17.7 Å². The first kappa shape index (κ1) is 16.2. The second kappa shape index (κ2) is 7.74. The third-order valence-electron chi connectivity index (χ3n) is 3.36. The number of hydrogen-bond donors (Lipinski definition) is 1. The number of thiazole rings is 1. The number of hydrogen-bond acceptors (Lipinski definition) is 5. The van der Waals surface area contributed by atoms with E-state index in [1.165, 1.54) is 11.3 Å². The number of carbonyl (C=O) groups excluding carboxylic acids is 1. The molecule has 0 aliphatic heterocycles. The fraction of sp³-hybridized carbons (Fsp3) is 0.235. The Balaban J connectivity index is 1.57. The molecule has 1 unspecified atom stereocenters. The van der Waals surface area contributed by atoms with Crippen molar-refractivity contribution in [3.8, 4) is 5.75 Å². The monoisotopic (exact) mass is 342 g/mol. The van der Waals surface area contributed by atoms with Gasteiger partial charge in [0, 0.05) is 29.4 Å². The second-order valence-electron chi connectivity index (χ2n) is 5.40. The molecule has 1 amide bonds. The van der Waals surface area contributed by atoms with Crippen molar-refractivity contribution in [2.24, 2.45) is 0 Å². The number of nitrogens with zero attached hydrogens (tertiary/aromatic N) is 3. The van der Waals surface area contributed by atoms with E-state index >= 15 is 0 Å². The van der Waals surface area contributed by atoms with E-state index in [0.29, 0.717) is 24.5 Å². The van der Waals surface area contributed by atoms with Crippen molar-refractivity contribution in [1.82, 2.24) is 20.1 Å². The smallest absolute Gasteiger partial charge is 0.251 e. The molecule has 0 saturated carbocycles. The fourth-order valence-electron chi connectivity index (χ4n) is 2.24. The van der Waals surface area contributed by atoms with Crippen LogP contribution in [0.2, 0.25) is 0 Å². The molecule has 0 radical (unpaired) electrons. The standard InChI is InChI=1S/C17H18N4O2S/c1-13(9-21-7-3-6-19-21)20-17(22)14-4-2-5-16(8-14)23-10-15-11-24-12-18-15/h2-8,11-13H,9-10H2,1H3,(H,20,22). The zero-order valence-electron chi connectivity index (χ0n) is 13.3. The molecule has 1 N–H and O–H groups in total. The number of nitrogens with one attached hydrogen (secondary N) is 1. The predicted octanol–water partition coefficient (Wildman–Crippen LogP) is 2.74. The van der Waals surface area contributed by atoms with Gasteiger partial charge in [0.2, 0.25) is 0 Å². The SMILES string of the molecule is CC(Cn1cccn1)NC(=O)c1cccc(OCc2cscn2)c1. The van der Waals surface area contributed by atoms with Gasteiger partial charge in [-0.15, -0.1) is 11.3 Å². The Labute approximate surface area is 144 Å². The van der Waals surface area contributed by atoms with E-state index in [1.54, 1.807) is 28.5 Å². The Morgan fingerprint density at radius 1 is 1.42 bits per heavy atom. The highest BCUT2D eigenvalue weighted by atomic mass is 32.1. The minimum atomic E-state index is -0.131. The second-order valence-corrected chi connectivity index (χ2v) is 6.12. The molecule has 7 heteroatoms. The topological polar surface area (TPSA) is 69.0 Å². The van der Waals surface area contributed by atoms with Gasteiger partial charge in [0.25, 0.3) is 5.91 Å². The molecule has 1 aromatic carbocycles. The quantitative estimate of drug-likeness (QED) is 0.717. The van der Waals surface area contributed by atoms with E-state index in [1.807, 2.05) is 36.7 Å². The maximum absolute atomic E-state index is 12.4. The van der Waals surface area contributed by atoms with Crippen LogP contribution in [0.25, 0.3) is 0 Å². The summed E-state index contributed by atoms with van der Waals surface area (Å²) < 4.78 is 7.47. The maximum atomic E-state index is 12.4. The molecule has 0 saturated heterocycles. The molecule has 124 valence electrons. The third-order valence-corrected chi connectivity index (χ3v) is 4.00. The largest absolute Gasteiger partial charge is 0.487 e. The lowest BCUT2D eigenvalue weighted by atomic mass is 10.2. The Hall–Kier alpha value is -2.67. The number of rotatable bonds is 7. The lowest BCUT2D eigenvalue weighted by molar-refractivity contribution is 0.0935. The first-order valence-corrected chi connectivity index (χ1v) is 8.53. The van der Waals surface area contributed by atoms with Crippen molar-refractivity contribution in [3.63, 3.8) is 0 Å². The van der Waals surface area contributed by atoms with Crippen molar-refractivity contribution in [2.75, 3.05) is 0 Å². The summed E-state index contributed by atoms with van der Waals surface area (Å²) >= 11 is 1.53. The van der Waals surface area contributed by atoms with Crippen LogP contribution in [-0.2, 0) is 13.2 Å². The average Bonchev–Trinajstić information content (AvgIpc) is 3.26. The molecule has 24 heavy (non-hydrogen) atoms. The van der Waals surface area contributed by atoms with Crippen LogP contribution in [0.1, 0.15) is 23.0 Å². The fourth-order valence-corrected chi connectivity index (χ4v) is 2.78. The molecule has 2 heterocycles. The van der Waals surface area contributed by atoms with E-state index < -0.39 is 0 Å². The van der Waals surface area contributed by atoms with Crippen LogP contribution in [0.3, 0.4) is 0 Å². The highest BCUT2D eigenvalue weighted by Gasteiger charge is 2.11. The zero-order chi connectivity index (χ0) is 16.8. The van der Waals surface area contributed by atoms with Gasteiger partial charge in [-0.2, -0.15) is 5.10 Å². The number of carbonyl (C=O) groups is 1. The van der Waals surface area contributed by atoms with Crippen molar-refractivity contribution in [1.29, 1.82) is 0 Å². The third kappa shape index (κ3) is 4.42. The van der Waals surface area contributed by atoms with Gasteiger partial charge in [-0.1, -0.05) is 6.07 Å². The normalized spacial score (nSPS) is 11.9. The average molecular weight is 342 g/mol. The molecule has 0 aliphatic rings. The highest BCUT2D eigenvalue weighted by Crippen LogP contribution is 2.15. The van der Waals surface area contributed by atoms with Gasteiger partial charge in [-0.05, 0) is 31.2 Å². The van der Waals surface area contributed by atoms with E-state index in [4.69, 9.17) is 4.74 Å². The predicted molar refractivity (Wildman–Crippen MR) is 92.0 cm³/mol. The lowest BCUT2D eigenvalue weighted by Gasteiger charge is -2.14. The Morgan fingerprint density at radius 2 is 2.33 bits per heavy atom. The summed E-state index contributed by atoms with van der Waals surface area (Å²) in [6.45, 7) is 2.96. The summed E-state index contributed by atoms with van der Waals surface area (Å²) in [4.78, 5) is 16.5. The van der Waals surface area contributed by atoms with Gasteiger partial charge in [-0.25, -0.2) is 4.98 Å². The summed E-state index contributed by atoms with van der Waals surface area (Å²) in [5.41, 5.74) is 3.21. The molecule has 3 aromatic rings. The van der Waals surface area contributed by atoms with E-state index in [0.717, 1.165) is 5.69 Å². The van der Waals surface area contributed by atoms with Crippen LogP contribution in [0.4, 0.5) is 0 Å². The number of amides is 1. The molecule has 2 aromatic heterocycles. The van der Waals surface area contributed by atoms with Crippen molar-refractivity contribution < 1.29 is 9.53 Å².